The molecule has 3 aromatic rings. The van der Waals surface area contributed by atoms with Crippen LogP contribution in [0.3, 0.4) is 0 Å². The van der Waals surface area contributed by atoms with Gasteiger partial charge >= 0.3 is 5.97 Å². The average molecular weight is 423 g/mol. The lowest BCUT2D eigenvalue weighted by Crippen LogP contribution is -2.38. The number of fused-ring (bicyclic) bond motifs is 1. The van der Waals surface area contributed by atoms with Crippen molar-refractivity contribution in [2.45, 2.75) is 24.9 Å². The zero-order valence-corrected chi connectivity index (χ0v) is 17.6. The molecular weight excluding hydrogens is 402 g/mol. The molecule has 2 aromatic heterocycles. The number of hydrogen-bond donors (Lipinski definition) is 0. The van der Waals surface area contributed by atoms with Crippen LogP contribution in [-0.4, -0.2) is 46.2 Å². The number of carbonyl (C=O) groups is 2. The lowest BCUT2D eigenvalue weighted by Gasteiger charge is -2.28. The summed E-state index contributed by atoms with van der Waals surface area (Å²) < 4.78 is 10.7. The molecule has 4 rings (SSSR count). The van der Waals surface area contributed by atoms with Crippen LogP contribution in [0.5, 0.6) is 0 Å². The lowest BCUT2D eigenvalue weighted by atomic mass is 10.00. The normalized spacial score (nSPS) is 13.1. The highest BCUT2D eigenvalue weighted by atomic mass is 32.2. The van der Waals surface area contributed by atoms with E-state index < -0.39 is 5.97 Å². The van der Waals surface area contributed by atoms with Crippen molar-refractivity contribution in [3.63, 3.8) is 0 Å². The Kier molecular flexibility index (Phi) is 5.85. The Morgan fingerprint density at radius 2 is 1.97 bits per heavy atom. The molecule has 0 unspecified atom stereocenters. The largest absolute Gasteiger partial charge is 0.461 e. The topological polar surface area (TPSA) is 85.5 Å². The number of esters is 1. The fourth-order valence-corrected chi connectivity index (χ4v) is 4.06. The van der Waals surface area contributed by atoms with Gasteiger partial charge in [-0.15, -0.1) is 11.8 Å². The van der Waals surface area contributed by atoms with E-state index in [2.05, 4.69) is 16.0 Å². The number of hydrogen-bond acceptors (Lipinski definition) is 7. The summed E-state index contributed by atoms with van der Waals surface area (Å²) in [7, 11) is 0. The van der Waals surface area contributed by atoms with Gasteiger partial charge in [0.25, 0.3) is 5.91 Å². The molecule has 0 aliphatic carbocycles. The molecule has 0 N–H and O–H groups in total. The van der Waals surface area contributed by atoms with Crippen molar-refractivity contribution in [3.05, 3.63) is 65.0 Å². The van der Waals surface area contributed by atoms with Gasteiger partial charge in [-0.25, -0.2) is 14.8 Å². The Hall–Kier alpha value is -3.13. The minimum atomic E-state index is -0.603. The molecule has 3 heterocycles. The second kappa shape index (κ2) is 8.71. The highest BCUT2D eigenvalue weighted by Gasteiger charge is 2.24. The number of carbonyl (C=O) groups excluding carboxylic acids is 2. The third kappa shape index (κ3) is 4.09. The van der Waals surface area contributed by atoms with Crippen molar-refractivity contribution in [1.29, 1.82) is 0 Å². The van der Waals surface area contributed by atoms with E-state index in [-0.39, 0.29) is 18.1 Å². The highest BCUT2D eigenvalue weighted by Crippen LogP contribution is 2.26. The smallest absolute Gasteiger partial charge is 0.343 e. The fourth-order valence-electron chi connectivity index (χ4n) is 3.44. The molecule has 0 saturated carbocycles. The molecule has 1 aliphatic rings. The highest BCUT2D eigenvalue weighted by molar-refractivity contribution is 7.98. The Morgan fingerprint density at radius 1 is 1.17 bits per heavy atom. The summed E-state index contributed by atoms with van der Waals surface area (Å²) in [5.41, 5.74) is 3.14. The number of amides is 1. The first-order chi connectivity index (χ1) is 14.6. The quantitative estimate of drug-likeness (QED) is 0.353. The van der Waals surface area contributed by atoms with Crippen molar-refractivity contribution in [1.82, 2.24) is 14.9 Å². The van der Waals surface area contributed by atoms with Gasteiger partial charge in [-0.3, -0.25) is 4.79 Å². The average Bonchev–Trinajstić information content (AvgIpc) is 3.31. The summed E-state index contributed by atoms with van der Waals surface area (Å²) in [6, 6.07) is 11.6. The molecule has 1 aromatic carbocycles. The molecule has 154 valence electrons. The van der Waals surface area contributed by atoms with E-state index in [1.807, 2.05) is 24.5 Å². The van der Waals surface area contributed by atoms with Gasteiger partial charge in [0, 0.05) is 13.1 Å². The summed E-state index contributed by atoms with van der Waals surface area (Å²) in [5.74, 6) is 0.110. The van der Waals surface area contributed by atoms with Crippen LogP contribution in [0.2, 0.25) is 0 Å². The summed E-state index contributed by atoms with van der Waals surface area (Å²) in [4.78, 5) is 35.8. The minimum Gasteiger partial charge on any atom is -0.461 e. The van der Waals surface area contributed by atoms with E-state index in [1.165, 1.54) is 17.3 Å². The number of ether oxygens (including phenoxy) is 1. The van der Waals surface area contributed by atoms with Crippen LogP contribution in [0, 0.1) is 6.92 Å². The molecule has 0 bridgehead atoms. The minimum absolute atomic E-state index is 0.214. The number of thioether (sulfide) groups is 1. The van der Waals surface area contributed by atoms with E-state index in [1.54, 1.807) is 30.2 Å². The fraction of sp³-hybridized carbons (Fsp3) is 0.273. The summed E-state index contributed by atoms with van der Waals surface area (Å²) in [6.07, 6.45) is 4.16. The Labute approximate surface area is 178 Å². The van der Waals surface area contributed by atoms with Gasteiger partial charge in [0.05, 0.1) is 12.0 Å². The van der Waals surface area contributed by atoms with Gasteiger partial charge < -0.3 is 14.1 Å². The second-order valence-corrected chi connectivity index (χ2v) is 7.70. The maximum absolute atomic E-state index is 12.7. The molecule has 0 atom stereocenters. The molecule has 0 radical (unpaired) electrons. The number of aromatic nitrogens is 2. The molecule has 0 saturated heterocycles. The summed E-state index contributed by atoms with van der Waals surface area (Å²) in [5, 5.41) is 0.484. The van der Waals surface area contributed by atoms with Gasteiger partial charge in [0.15, 0.2) is 18.2 Å². The molecular formula is C22H21N3O4S. The van der Waals surface area contributed by atoms with E-state index in [4.69, 9.17) is 9.15 Å². The molecule has 0 spiro atoms. The Bertz CT molecular complexity index is 1080. The Balaban J connectivity index is 1.45. The van der Waals surface area contributed by atoms with Crippen LogP contribution < -0.4 is 0 Å². The summed E-state index contributed by atoms with van der Waals surface area (Å²) >= 11 is 1.32. The molecule has 0 fully saturated rings. The molecule has 1 aliphatic heterocycles. The first kappa shape index (κ1) is 20.2. The second-order valence-electron chi connectivity index (χ2n) is 6.90. The number of furan rings is 1. The zero-order chi connectivity index (χ0) is 21.1. The van der Waals surface area contributed by atoms with Crippen LogP contribution in [0.25, 0.3) is 11.6 Å². The van der Waals surface area contributed by atoms with E-state index >= 15 is 0 Å². The van der Waals surface area contributed by atoms with Gasteiger partial charge in [0.2, 0.25) is 0 Å². The van der Waals surface area contributed by atoms with E-state index in [9.17, 15) is 9.59 Å². The third-order valence-corrected chi connectivity index (χ3v) is 5.69. The number of nitrogens with zero attached hydrogens (tertiary/aromatic N) is 3. The monoisotopic (exact) mass is 423 g/mol. The number of aryl methyl sites for hydroxylation is 1. The van der Waals surface area contributed by atoms with E-state index in [0.717, 1.165) is 12.0 Å². The maximum Gasteiger partial charge on any atom is 0.343 e. The van der Waals surface area contributed by atoms with Gasteiger partial charge in [-0.1, -0.05) is 24.3 Å². The van der Waals surface area contributed by atoms with Crippen molar-refractivity contribution < 1.29 is 18.7 Å². The van der Waals surface area contributed by atoms with Crippen LogP contribution >= 0.6 is 11.8 Å². The summed E-state index contributed by atoms with van der Waals surface area (Å²) in [6.45, 7) is 2.55. The Morgan fingerprint density at radius 3 is 2.70 bits per heavy atom. The van der Waals surface area contributed by atoms with Crippen LogP contribution in [-0.2, 0) is 22.5 Å². The zero-order valence-electron chi connectivity index (χ0n) is 16.8. The number of benzene rings is 1. The first-order valence-corrected chi connectivity index (χ1v) is 10.8. The van der Waals surface area contributed by atoms with Crippen LogP contribution in [0.15, 0.2) is 52.1 Å². The van der Waals surface area contributed by atoms with Crippen molar-refractivity contribution in [3.8, 4) is 11.6 Å². The number of rotatable bonds is 5. The predicted molar refractivity (Wildman–Crippen MR) is 112 cm³/mol. The molecule has 1 amide bonds. The first-order valence-electron chi connectivity index (χ1n) is 9.55. The van der Waals surface area contributed by atoms with Crippen LogP contribution in [0.1, 0.15) is 27.2 Å². The molecule has 7 nitrogen and oxygen atoms in total. The van der Waals surface area contributed by atoms with E-state index in [0.29, 0.717) is 35.4 Å². The molecule has 30 heavy (non-hydrogen) atoms. The predicted octanol–water partition coefficient (Wildman–Crippen LogP) is 3.51. The standard InChI is InChI=1S/C22H21N3O4S/c1-14-19(21(30-2)24-20(23-14)17-8-5-11-28-17)22(27)29-13-18(26)25-10-9-15-6-3-4-7-16(15)12-25/h3-8,11H,9-10,12-13H2,1-2H3. The van der Waals surface area contributed by atoms with Gasteiger partial charge in [0.1, 0.15) is 10.6 Å². The molecule has 8 heteroatoms. The van der Waals surface area contributed by atoms with Crippen LogP contribution in [0.4, 0.5) is 0 Å². The SMILES string of the molecule is CSc1nc(-c2ccco2)nc(C)c1C(=O)OCC(=O)N1CCc2ccccc2C1. The van der Waals surface area contributed by atoms with Crippen molar-refractivity contribution in [2.75, 3.05) is 19.4 Å². The third-order valence-electron chi connectivity index (χ3n) is 5.01. The maximum atomic E-state index is 12.7. The van der Waals surface area contributed by atoms with Crippen molar-refractivity contribution >= 4 is 23.6 Å². The lowest BCUT2D eigenvalue weighted by molar-refractivity contribution is -0.135. The van der Waals surface area contributed by atoms with Gasteiger partial charge in [-0.2, -0.15) is 0 Å². The van der Waals surface area contributed by atoms with Gasteiger partial charge in [-0.05, 0) is 42.9 Å². The van der Waals surface area contributed by atoms with Crippen molar-refractivity contribution in [2.24, 2.45) is 0 Å².